The van der Waals surface area contributed by atoms with E-state index in [9.17, 15) is 0 Å². The lowest BCUT2D eigenvalue weighted by molar-refractivity contribution is 0.275. The number of nitrogens with one attached hydrogen (secondary N) is 4. The molecule has 0 aliphatic rings. The number of tetrazole rings is 3. The zero-order valence-corrected chi connectivity index (χ0v) is 18.3. The molecule has 0 bridgehead atoms. The molecule has 31 heavy (non-hydrogen) atoms. The van der Waals surface area contributed by atoms with E-state index in [0.717, 1.165) is 20.4 Å². The van der Waals surface area contributed by atoms with Crippen LogP contribution in [-0.2, 0) is 4.57 Å². The van der Waals surface area contributed by atoms with Crippen molar-refractivity contribution in [2.24, 2.45) is 0 Å². The van der Waals surface area contributed by atoms with Gasteiger partial charge in [0, 0.05) is 21.6 Å². The molecule has 166 valence electrons. The van der Waals surface area contributed by atoms with Crippen LogP contribution in [0.2, 0.25) is 5.02 Å². The highest BCUT2D eigenvalue weighted by Gasteiger charge is 2.02. The highest BCUT2D eigenvalue weighted by Crippen LogP contribution is 2.30. The smallest absolute Gasteiger partial charge is 0.361 e. The number of H-pyrrole nitrogens is 4. The fourth-order valence-corrected chi connectivity index (χ4v) is 2.03. The van der Waals surface area contributed by atoms with Gasteiger partial charge >= 0.3 is 7.82 Å². The second-order valence-electron chi connectivity index (χ2n) is 4.49. The van der Waals surface area contributed by atoms with E-state index >= 15 is 0 Å². The molecule has 5 aromatic rings. The topological polar surface area (TPSA) is 257 Å². The van der Waals surface area contributed by atoms with E-state index in [1.807, 2.05) is 24.4 Å². The molecule has 4 heterocycles. The number of fused-ring (bicyclic) bond motifs is 1. The molecule has 0 atom stereocenters. The summed E-state index contributed by atoms with van der Waals surface area (Å²) in [5.41, 5.74) is 1.07. The van der Waals surface area contributed by atoms with E-state index in [0.29, 0.717) is 0 Å². The molecule has 5 rings (SSSR count). The number of benzene rings is 1. The van der Waals surface area contributed by atoms with Gasteiger partial charge in [0.15, 0.2) is 19.0 Å². The number of phosphoric acid groups is 1. The third-order valence-corrected chi connectivity index (χ3v) is 3.73. The van der Waals surface area contributed by atoms with Crippen LogP contribution < -0.4 is 0 Å². The van der Waals surface area contributed by atoms with Gasteiger partial charge in [0.05, 0.1) is 5.02 Å². The Hall–Kier alpha value is -3.15. The minimum absolute atomic E-state index is 0.767. The quantitative estimate of drug-likeness (QED) is 0.131. The van der Waals surface area contributed by atoms with Crippen molar-refractivity contribution in [3.63, 3.8) is 0 Å². The second-order valence-corrected chi connectivity index (χ2v) is 6.75. The molecule has 7 N–H and O–H groups in total. The van der Waals surface area contributed by atoms with Gasteiger partial charge in [-0.15, -0.1) is 30.6 Å². The Balaban J connectivity index is 0.000000206. The molecule has 0 aliphatic carbocycles. The summed E-state index contributed by atoms with van der Waals surface area (Å²) in [6, 6.07) is 5.88. The summed E-state index contributed by atoms with van der Waals surface area (Å²) < 4.78 is 9.82. The van der Waals surface area contributed by atoms with Gasteiger partial charge in [-0.1, -0.05) is 27.2 Å². The largest absolute Gasteiger partial charge is 0.466 e. The van der Waals surface area contributed by atoms with Gasteiger partial charge in [0.1, 0.15) is 0 Å². The first-order chi connectivity index (χ1) is 14.8. The molecule has 0 unspecified atom stereocenters. The van der Waals surface area contributed by atoms with Gasteiger partial charge in [0.25, 0.3) is 0 Å². The van der Waals surface area contributed by atoms with Crippen molar-refractivity contribution in [1.82, 2.24) is 66.9 Å². The normalized spacial score (nSPS) is 9.58. The Morgan fingerprint density at radius 2 is 1.29 bits per heavy atom. The minimum atomic E-state index is -4.64. The Labute approximate surface area is 185 Å². The van der Waals surface area contributed by atoms with Crippen LogP contribution in [0.3, 0.4) is 0 Å². The van der Waals surface area contributed by atoms with Gasteiger partial charge in [-0.2, -0.15) is 15.6 Å². The van der Waals surface area contributed by atoms with Crippen LogP contribution in [0, 0.1) is 0 Å². The number of rotatable bonds is 0. The zero-order chi connectivity index (χ0) is 23.0. The van der Waals surface area contributed by atoms with E-state index in [-0.39, 0.29) is 0 Å². The molecular weight excluding hydrogens is 525 g/mol. The van der Waals surface area contributed by atoms with Crippen LogP contribution in [0.1, 0.15) is 0 Å². The maximum Gasteiger partial charge on any atom is 0.466 e. The molecule has 1 aromatic carbocycles. The first-order valence-corrected chi connectivity index (χ1v) is 10.2. The molecule has 20 heteroatoms. The van der Waals surface area contributed by atoms with Crippen molar-refractivity contribution < 1.29 is 19.2 Å². The second kappa shape index (κ2) is 14.8. The number of nitrogens with zero attached hydrogens (tertiary/aromatic N) is 9. The number of halogens is 2. The zero-order valence-electron chi connectivity index (χ0n) is 15.0. The molecule has 0 spiro atoms. The lowest BCUT2D eigenvalue weighted by Crippen LogP contribution is -1.70. The van der Waals surface area contributed by atoms with E-state index in [1.165, 1.54) is 19.0 Å². The Kier molecular flexibility index (Phi) is 12.3. The van der Waals surface area contributed by atoms with Crippen LogP contribution in [0.15, 0.2) is 47.9 Å². The molecule has 0 aliphatic heterocycles. The monoisotopic (exact) mass is 537 g/mol. The number of aromatic nitrogens is 13. The van der Waals surface area contributed by atoms with Crippen molar-refractivity contribution in [3.05, 3.63) is 52.9 Å². The summed E-state index contributed by atoms with van der Waals surface area (Å²) in [6.07, 6.45) is 5.88. The molecular formula is C11H14BrClN13O4P. The van der Waals surface area contributed by atoms with Crippen molar-refractivity contribution in [2.75, 3.05) is 0 Å². The fraction of sp³-hybridized carbons (Fsp3) is 0. The molecule has 17 nitrogen and oxygen atoms in total. The van der Waals surface area contributed by atoms with Gasteiger partial charge in [0.2, 0.25) is 0 Å². The van der Waals surface area contributed by atoms with Crippen LogP contribution in [0.25, 0.3) is 10.9 Å². The van der Waals surface area contributed by atoms with E-state index in [4.69, 9.17) is 30.8 Å². The van der Waals surface area contributed by atoms with Crippen molar-refractivity contribution >= 4 is 46.3 Å². The van der Waals surface area contributed by atoms with Crippen LogP contribution in [0.5, 0.6) is 0 Å². The average molecular weight is 539 g/mol. The van der Waals surface area contributed by atoms with Gasteiger partial charge < -0.3 is 19.7 Å². The van der Waals surface area contributed by atoms with Crippen LogP contribution in [-0.4, -0.2) is 81.5 Å². The van der Waals surface area contributed by atoms with Crippen molar-refractivity contribution in [1.29, 1.82) is 0 Å². The summed E-state index contributed by atoms with van der Waals surface area (Å²) in [5, 5.41) is 38.3. The third kappa shape index (κ3) is 13.7. The average Bonchev–Trinajstić information content (AvgIpc) is 3.56. The van der Waals surface area contributed by atoms with Crippen molar-refractivity contribution in [2.45, 2.75) is 0 Å². The first kappa shape index (κ1) is 25.9. The molecule has 0 saturated heterocycles. The number of hydrogen-bond acceptors (Lipinski definition) is 10. The first-order valence-electron chi connectivity index (χ1n) is 7.47. The lowest BCUT2D eigenvalue weighted by atomic mass is 10.2. The highest BCUT2D eigenvalue weighted by atomic mass is 79.9. The molecule has 0 radical (unpaired) electrons. The predicted molar refractivity (Wildman–Crippen MR) is 108 cm³/mol. The summed E-state index contributed by atoms with van der Waals surface area (Å²) in [5.74, 6) is 0. The molecule has 0 saturated carbocycles. The highest BCUT2D eigenvalue weighted by molar-refractivity contribution is 9.10. The number of aromatic amines is 4. The summed E-state index contributed by atoms with van der Waals surface area (Å²) >= 11 is 9.36. The summed E-state index contributed by atoms with van der Waals surface area (Å²) in [7, 11) is -4.64. The molecule has 0 amide bonds. The maximum absolute atomic E-state index is 8.88. The minimum Gasteiger partial charge on any atom is -0.361 e. The molecule has 0 fully saturated rings. The third-order valence-electron chi connectivity index (χ3n) is 2.43. The predicted octanol–water partition coefficient (Wildman–Crippen LogP) is 0.254. The summed E-state index contributed by atoms with van der Waals surface area (Å²) in [6.45, 7) is 0. The Morgan fingerprint density at radius 3 is 1.61 bits per heavy atom. The molecule has 4 aromatic heterocycles. The van der Waals surface area contributed by atoms with Crippen molar-refractivity contribution in [3.8, 4) is 0 Å². The SMILES string of the molecule is Clc1c(Br)ccc2[nH]ccc12.O=P(O)(O)O.c1nn[nH]n1.c1nn[nH]n1.c1nn[nH]n1. The van der Waals surface area contributed by atoms with Crippen LogP contribution >= 0.6 is 35.4 Å². The van der Waals surface area contributed by atoms with Gasteiger partial charge in [-0.25, -0.2) is 4.57 Å². The Bertz CT molecular complexity index is 964. The van der Waals surface area contributed by atoms with Gasteiger partial charge in [-0.05, 0) is 34.1 Å². The Morgan fingerprint density at radius 1 is 0.839 bits per heavy atom. The van der Waals surface area contributed by atoms with E-state index in [2.05, 4.69) is 82.8 Å². The fourth-order valence-electron chi connectivity index (χ4n) is 1.46. The number of hydrogen-bond donors (Lipinski definition) is 7. The lowest BCUT2D eigenvalue weighted by Gasteiger charge is -1.95. The van der Waals surface area contributed by atoms with E-state index in [1.54, 1.807) is 0 Å². The summed E-state index contributed by atoms with van der Waals surface area (Å²) in [4.78, 5) is 24.6. The van der Waals surface area contributed by atoms with E-state index < -0.39 is 7.82 Å². The standard InChI is InChI=1S/C8H5BrClN.3CH2N4.H3O4P/c9-6-1-2-7-5(8(6)10)3-4-11-7;3*1-2-4-5-3-1;1-5(2,3)4/h1-4,11H;3*1H,(H,2,3,4,5);(H3,1,2,3,4). The van der Waals surface area contributed by atoms with Gasteiger partial charge in [-0.3, -0.25) is 0 Å². The maximum atomic E-state index is 8.88. The van der Waals surface area contributed by atoms with Crippen LogP contribution in [0.4, 0.5) is 0 Å².